The van der Waals surface area contributed by atoms with Crippen LogP contribution in [0.3, 0.4) is 0 Å². The molecule has 9 nitrogen and oxygen atoms in total. The minimum absolute atomic E-state index is 0.0901. The number of nitro benzene ring substituents is 1. The van der Waals surface area contributed by atoms with Crippen molar-refractivity contribution in [1.29, 1.82) is 0 Å². The first-order valence-electron chi connectivity index (χ1n) is 10.7. The maximum absolute atomic E-state index is 11.6. The normalized spacial score (nSPS) is 11.2. The molecule has 0 saturated heterocycles. The molecule has 3 N–H and O–H groups in total. The van der Waals surface area contributed by atoms with Crippen LogP contribution >= 0.6 is 0 Å². The Balaban J connectivity index is 1.82. The lowest BCUT2D eigenvalue weighted by atomic mass is 10.0. The monoisotopic (exact) mass is 481 g/mol. The highest BCUT2D eigenvalue weighted by Gasteiger charge is 2.21. The van der Waals surface area contributed by atoms with Gasteiger partial charge in [0, 0.05) is 29.3 Å². The molecular weight excluding hydrogens is 462 g/mol. The average Bonchev–Trinajstić information content (AvgIpc) is 3.32. The number of nitrogens with one attached hydrogen (secondary N) is 1. The highest BCUT2D eigenvalue weighted by atomic mass is 16.6. The minimum atomic E-state index is -1.05. The molecule has 3 aromatic carbocycles. The SMILES string of the molecule is O=C(O)C=Cc1ccc(-c2nc(-c3ccccc3[N+](=O)[O-])[nH]c2-c2ccc(C=CC(=O)O)cc2)cc1. The summed E-state index contributed by atoms with van der Waals surface area (Å²) in [6.45, 7) is 0. The summed E-state index contributed by atoms with van der Waals surface area (Å²) in [7, 11) is 0. The molecule has 0 atom stereocenters. The lowest BCUT2D eigenvalue weighted by Crippen LogP contribution is -1.92. The van der Waals surface area contributed by atoms with Crippen molar-refractivity contribution in [2.24, 2.45) is 0 Å². The van der Waals surface area contributed by atoms with Crippen molar-refractivity contribution in [3.05, 3.63) is 106 Å². The van der Waals surface area contributed by atoms with E-state index in [1.807, 2.05) is 0 Å². The van der Waals surface area contributed by atoms with E-state index < -0.39 is 16.9 Å². The van der Waals surface area contributed by atoms with Crippen molar-refractivity contribution in [1.82, 2.24) is 9.97 Å². The number of aromatic nitrogens is 2. The number of H-pyrrole nitrogens is 1. The van der Waals surface area contributed by atoms with Gasteiger partial charge in [0.25, 0.3) is 5.69 Å². The number of para-hydroxylation sites is 1. The van der Waals surface area contributed by atoms with Crippen LogP contribution in [0.5, 0.6) is 0 Å². The molecule has 36 heavy (non-hydrogen) atoms. The fraction of sp³-hybridized carbons (Fsp3) is 0. The van der Waals surface area contributed by atoms with Crippen LogP contribution < -0.4 is 0 Å². The summed E-state index contributed by atoms with van der Waals surface area (Å²) < 4.78 is 0. The van der Waals surface area contributed by atoms with Crippen molar-refractivity contribution in [3.8, 4) is 33.9 Å². The fourth-order valence-corrected chi connectivity index (χ4v) is 3.60. The summed E-state index contributed by atoms with van der Waals surface area (Å²) in [6.07, 6.45) is 5.04. The minimum Gasteiger partial charge on any atom is -0.478 e. The lowest BCUT2D eigenvalue weighted by molar-refractivity contribution is -0.384. The number of nitrogens with zero attached hydrogens (tertiary/aromatic N) is 2. The first kappa shape index (κ1) is 23.8. The molecule has 0 spiro atoms. The van der Waals surface area contributed by atoms with Crippen LogP contribution in [-0.2, 0) is 9.59 Å². The van der Waals surface area contributed by atoms with Crippen molar-refractivity contribution in [2.75, 3.05) is 0 Å². The molecule has 0 bridgehead atoms. The topological polar surface area (TPSA) is 146 Å². The molecule has 0 aliphatic rings. The van der Waals surface area contributed by atoms with E-state index >= 15 is 0 Å². The molecular formula is C27H19N3O6. The number of rotatable bonds is 8. The van der Waals surface area contributed by atoms with E-state index in [2.05, 4.69) is 4.98 Å². The Morgan fingerprint density at radius 2 is 1.33 bits per heavy atom. The van der Waals surface area contributed by atoms with Crippen molar-refractivity contribution >= 4 is 29.8 Å². The highest BCUT2D eigenvalue weighted by Crippen LogP contribution is 2.36. The second-order valence-corrected chi connectivity index (χ2v) is 7.67. The van der Waals surface area contributed by atoms with Gasteiger partial charge in [-0.3, -0.25) is 10.1 Å². The second-order valence-electron chi connectivity index (χ2n) is 7.67. The van der Waals surface area contributed by atoms with E-state index in [1.165, 1.54) is 18.2 Å². The van der Waals surface area contributed by atoms with Crippen LogP contribution in [0.25, 0.3) is 46.1 Å². The van der Waals surface area contributed by atoms with Gasteiger partial charge in [0.1, 0.15) is 5.82 Å². The first-order valence-corrected chi connectivity index (χ1v) is 10.7. The molecule has 1 heterocycles. The van der Waals surface area contributed by atoms with E-state index in [1.54, 1.807) is 66.7 Å². The number of nitro groups is 1. The van der Waals surface area contributed by atoms with Crippen LogP contribution in [0.1, 0.15) is 11.1 Å². The molecule has 0 radical (unpaired) electrons. The van der Waals surface area contributed by atoms with Crippen molar-refractivity contribution in [2.45, 2.75) is 0 Å². The van der Waals surface area contributed by atoms with Crippen LogP contribution in [0.15, 0.2) is 84.9 Å². The third kappa shape index (κ3) is 5.42. The van der Waals surface area contributed by atoms with Gasteiger partial charge < -0.3 is 15.2 Å². The van der Waals surface area contributed by atoms with Gasteiger partial charge in [-0.1, -0.05) is 60.7 Å². The summed E-state index contributed by atoms with van der Waals surface area (Å²) in [5.41, 5.74) is 4.24. The molecule has 0 fully saturated rings. The zero-order valence-corrected chi connectivity index (χ0v) is 18.7. The number of imidazole rings is 1. The fourth-order valence-electron chi connectivity index (χ4n) is 3.60. The number of carboxylic acids is 2. The molecule has 0 unspecified atom stereocenters. The second kappa shape index (κ2) is 10.3. The van der Waals surface area contributed by atoms with Gasteiger partial charge >= 0.3 is 11.9 Å². The summed E-state index contributed by atoms with van der Waals surface area (Å²) >= 11 is 0. The first-order chi connectivity index (χ1) is 17.3. The molecule has 0 saturated carbocycles. The Labute approximate surface area is 204 Å². The zero-order valence-electron chi connectivity index (χ0n) is 18.7. The molecule has 4 aromatic rings. The number of benzene rings is 3. The Kier molecular flexibility index (Phi) is 6.83. The molecule has 0 amide bonds. The number of aromatic amines is 1. The highest BCUT2D eigenvalue weighted by molar-refractivity contribution is 5.87. The third-order valence-corrected chi connectivity index (χ3v) is 5.28. The van der Waals surface area contributed by atoms with Crippen molar-refractivity contribution in [3.63, 3.8) is 0 Å². The zero-order chi connectivity index (χ0) is 25.7. The maximum Gasteiger partial charge on any atom is 0.328 e. The summed E-state index contributed by atoms with van der Waals surface area (Å²) in [4.78, 5) is 40.6. The van der Waals surface area contributed by atoms with E-state index in [9.17, 15) is 19.7 Å². The molecule has 1 aromatic heterocycles. The number of hydrogen-bond acceptors (Lipinski definition) is 5. The summed E-state index contributed by atoms with van der Waals surface area (Å²) in [5.74, 6) is -1.79. The number of carboxylic acid groups (broad SMARTS) is 2. The largest absolute Gasteiger partial charge is 0.478 e. The molecule has 178 valence electrons. The lowest BCUT2D eigenvalue weighted by Gasteiger charge is -2.05. The maximum atomic E-state index is 11.6. The predicted octanol–water partition coefficient (Wildman–Crippen LogP) is 5.51. The van der Waals surface area contributed by atoms with E-state index in [-0.39, 0.29) is 5.69 Å². The number of hydrogen-bond donors (Lipinski definition) is 3. The van der Waals surface area contributed by atoms with Crippen LogP contribution in [0, 0.1) is 10.1 Å². The van der Waals surface area contributed by atoms with Crippen LogP contribution in [0.2, 0.25) is 0 Å². The van der Waals surface area contributed by atoms with E-state index in [0.29, 0.717) is 39.5 Å². The smallest absolute Gasteiger partial charge is 0.328 e. The van der Waals surface area contributed by atoms with Gasteiger partial charge in [0.05, 0.1) is 21.9 Å². The Morgan fingerprint density at radius 1 is 0.806 bits per heavy atom. The van der Waals surface area contributed by atoms with Gasteiger partial charge in [-0.15, -0.1) is 0 Å². The summed E-state index contributed by atoms with van der Waals surface area (Å²) in [6, 6.07) is 20.5. The summed E-state index contributed by atoms with van der Waals surface area (Å²) in [5, 5.41) is 29.3. The predicted molar refractivity (Wildman–Crippen MR) is 135 cm³/mol. The quantitative estimate of drug-likeness (QED) is 0.171. The van der Waals surface area contributed by atoms with E-state index in [0.717, 1.165) is 17.7 Å². The molecule has 0 aliphatic heterocycles. The van der Waals surface area contributed by atoms with Crippen LogP contribution in [-0.4, -0.2) is 37.0 Å². The van der Waals surface area contributed by atoms with Gasteiger partial charge in [-0.25, -0.2) is 14.6 Å². The molecule has 0 aliphatic carbocycles. The van der Waals surface area contributed by atoms with Crippen LogP contribution in [0.4, 0.5) is 5.69 Å². The van der Waals surface area contributed by atoms with Crippen molar-refractivity contribution < 1.29 is 24.7 Å². The Hall–Kier alpha value is -5.31. The Morgan fingerprint density at radius 3 is 1.86 bits per heavy atom. The van der Waals surface area contributed by atoms with Gasteiger partial charge in [-0.2, -0.15) is 0 Å². The van der Waals surface area contributed by atoms with E-state index in [4.69, 9.17) is 15.2 Å². The molecule has 9 heteroatoms. The molecule has 4 rings (SSSR count). The van der Waals surface area contributed by atoms with Gasteiger partial charge in [-0.05, 0) is 29.3 Å². The number of carbonyl (C=O) groups is 2. The standard InChI is InChI=1S/C27H19N3O6/c31-23(32)15-9-17-5-11-19(12-6-17)25-26(20-13-7-18(8-14-20)10-16-24(33)34)29-27(28-25)21-3-1-2-4-22(21)30(35)36/h1-16H,(H,28,29)(H,31,32)(H,33,34). The van der Waals surface area contributed by atoms with Gasteiger partial charge in [0.15, 0.2) is 0 Å². The average molecular weight is 481 g/mol. The number of aliphatic carboxylic acids is 2. The Bertz CT molecular complexity index is 1410. The van der Waals surface area contributed by atoms with Gasteiger partial charge in [0.2, 0.25) is 0 Å². The third-order valence-electron chi connectivity index (χ3n) is 5.28.